The Morgan fingerprint density at radius 1 is 0.613 bits per heavy atom. The van der Waals surface area contributed by atoms with Crippen molar-refractivity contribution in [1.29, 1.82) is 0 Å². The molecule has 0 radical (unpaired) electrons. The molecule has 3 aromatic carbocycles. The van der Waals surface area contributed by atoms with Crippen LogP contribution in [0.2, 0.25) is 0 Å². The van der Waals surface area contributed by atoms with Gasteiger partial charge in [0.2, 0.25) is 5.82 Å². The van der Waals surface area contributed by atoms with Gasteiger partial charge >= 0.3 is 0 Å². The maximum Gasteiger partial charge on any atom is 0.200 e. The average Bonchev–Trinajstić information content (AvgIpc) is 2.77. The molecule has 1 aromatic heterocycles. The lowest BCUT2D eigenvalue weighted by Gasteiger charge is -2.16. The van der Waals surface area contributed by atoms with E-state index in [1.807, 2.05) is 0 Å². The van der Waals surface area contributed by atoms with Crippen LogP contribution in [0, 0.1) is 52.4 Å². The second-order valence-electron chi connectivity index (χ2n) is 6.29. The summed E-state index contributed by atoms with van der Waals surface area (Å²) in [6, 6.07) is 3.30. The monoisotopic (exact) mass is 447 g/mol. The second kappa shape index (κ2) is 7.03. The summed E-state index contributed by atoms with van der Waals surface area (Å²) in [5.41, 5.74) is -4.36. The van der Waals surface area contributed by atoms with Gasteiger partial charge in [-0.15, -0.1) is 0 Å². The first-order chi connectivity index (χ1) is 14.6. The Bertz CT molecular complexity index is 1390. The zero-order valence-electron chi connectivity index (χ0n) is 15.0. The molecule has 0 fully saturated rings. The van der Waals surface area contributed by atoms with Crippen LogP contribution in [0.1, 0.15) is 0 Å². The fourth-order valence-electron chi connectivity index (χ4n) is 3.23. The molecule has 160 valence electrons. The molecule has 0 saturated carbocycles. The number of halogens is 9. The lowest BCUT2D eigenvalue weighted by Crippen LogP contribution is -2.07. The highest BCUT2D eigenvalue weighted by Crippen LogP contribution is 2.43. The van der Waals surface area contributed by atoms with Crippen molar-refractivity contribution in [2.45, 2.75) is 0 Å². The van der Waals surface area contributed by atoms with E-state index in [2.05, 4.69) is 4.98 Å². The molecule has 4 rings (SSSR count). The maximum atomic E-state index is 14.7. The van der Waals surface area contributed by atoms with Crippen LogP contribution >= 0.6 is 0 Å². The Labute approximate surface area is 166 Å². The molecule has 0 N–H and O–H groups in total. The fraction of sp³-hybridized carbons (Fsp3) is 0.0500. The van der Waals surface area contributed by atoms with Gasteiger partial charge in [-0.1, -0.05) is 0 Å². The van der Waals surface area contributed by atoms with Gasteiger partial charge in [-0.2, -0.15) is 0 Å². The van der Waals surface area contributed by atoms with E-state index in [4.69, 9.17) is 4.74 Å². The highest BCUT2D eigenvalue weighted by Gasteiger charge is 2.32. The maximum absolute atomic E-state index is 14.7. The zero-order chi connectivity index (χ0) is 22.8. The molecule has 11 heteroatoms. The Hall–Kier alpha value is -3.50. The van der Waals surface area contributed by atoms with Crippen molar-refractivity contribution in [1.82, 2.24) is 4.98 Å². The summed E-state index contributed by atoms with van der Waals surface area (Å²) < 4.78 is 132. The molecule has 31 heavy (non-hydrogen) atoms. The van der Waals surface area contributed by atoms with Crippen molar-refractivity contribution >= 4 is 21.8 Å². The van der Waals surface area contributed by atoms with E-state index in [0.29, 0.717) is 0 Å². The van der Waals surface area contributed by atoms with E-state index >= 15 is 0 Å². The number of ether oxygens (including phenoxy) is 1. The lowest BCUT2D eigenvalue weighted by atomic mass is 9.94. The minimum Gasteiger partial charge on any atom is -0.497 e. The second-order valence-corrected chi connectivity index (χ2v) is 6.29. The standard InChI is InChI=1S/C20H6F9NO/c1-31-5-2-3-7-6(4-5)8(9-11(21)14(24)17(27)15(25)12(9)22)10-13(23)16(26)18(28)19(29)20(10)30-7/h2-4H,1H3. The fourth-order valence-corrected chi connectivity index (χ4v) is 3.23. The van der Waals surface area contributed by atoms with E-state index in [0.717, 1.165) is 12.1 Å². The van der Waals surface area contributed by atoms with E-state index in [-0.39, 0.29) is 11.3 Å². The van der Waals surface area contributed by atoms with E-state index < -0.39 is 79.8 Å². The minimum absolute atomic E-state index is 0.0257. The molecule has 0 spiro atoms. The van der Waals surface area contributed by atoms with Gasteiger partial charge in [0.25, 0.3) is 0 Å². The van der Waals surface area contributed by atoms with Crippen LogP contribution in [0.3, 0.4) is 0 Å². The van der Waals surface area contributed by atoms with Crippen molar-refractivity contribution in [3.63, 3.8) is 0 Å². The van der Waals surface area contributed by atoms with Gasteiger partial charge in [-0.3, -0.25) is 0 Å². The first-order valence-corrected chi connectivity index (χ1v) is 8.25. The van der Waals surface area contributed by atoms with E-state index in [1.54, 1.807) is 0 Å². The number of methoxy groups -OCH3 is 1. The third kappa shape index (κ3) is 2.79. The molecular formula is C20H6F9NO. The topological polar surface area (TPSA) is 22.1 Å². The van der Waals surface area contributed by atoms with Crippen molar-refractivity contribution in [3.8, 4) is 16.9 Å². The van der Waals surface area contributed by atoms with Crippen molar-refractivity contribution in [3.05, 3.63) is 70.6 Å². The zero-order valence-corrected chi connectivity index (χ0v) is 15.0. The predicted octanol–water partition coefficient (Wildman–Crippen LogP) is 6.32. The first-order valence-electron chi connectivity index (χ1n) is 8.25. The number of fused-ring (bicyclic) bond motifs is 2. The van der Waals surface area contributed by atoms with Gasteiger partial charge < -0.3 is 4.74 Å². The van der Waals surface area contributed by atoms with Crippen LogP contribution in [0.5, 0.6) is 5.75 Å². The molecular weight excluding hydrogens is 441 g/mol. The number of aromatic nitrogens is 1. The molecule has 4 aromatic rings. The normalized spacial score (nSPS) is 11.5. The molecule has 0 aliphatic carbocycles. The summed E-state index contributed by atoms with van der Waals surface area (Å²) in [5, 5.41) is -1.79. The van der Waals surface area contributed by atoms with Crippen LogP contribution < -0.4 is 4.74 Å². The van der Waals surface area contributed by atoms with Gasteiger partial charge in [0.05, 0.1) is 23.6 Å². The van der Waals surface area contributed by atoms with Crippen LogP contribution in [-0.4, -0.2) is 12.1 Å². The number of rotatable bonds is 2. The van der Waals surface area contributed by atoms with Crippen molar-refractivity contribution in [2.75, 3.05) is 7.11 Å². The molecule has 0 amide bonds. The highest BCUT2D eigenvalue weighted by atomic mass is 19.2. The first kappa shape index (κ1) is 20.8. The largest absolute Gasteiger partial charge is 0.497 e. The summed E-state index contributed by atoms with van der Waals surface area (Å²) in [6.45, 7) is 0. The summed E-state index contributed by atoms with van der Waals surface area (Å²) in [7, 11) is 1.17. The summed E-state index contributed by atoms with van der Waals surface area (Å²) in [6.07, 6.45) is 0. The van der Waals surface area contributed by atoms with Gasteiger partial charge in [-0.25, -0.2) is 44.5 Å². The number of pyridine rings is 1. The quantitative estimate of drug-likeness (QED) is 0.155. The van der Waals surface area contributed by atoms with Crippen LogP contribution in [0.25, 0.3) is 32.9 Å². The number of hydrogen-bond acceptors (Lipinski definition) is 2. The third-order valence-corrected chi connectivity index (χ3v) is 4.66. The van der Waals surface area contributed by atoms with Gasteiger partial charge in [0.15, 0.2) is 46.5 Å². The molecule has 2 nitrogen and oxygen atoms in total. The van der Waals surface area contributed by atoms with Crippen molar-refractivity contribution in [2.24, 2.45) is 0 Å². The number of nitrogens with zero attached hydrogens (tertiary/aromatic N) is 1. The molecule has 0 atom stereocenters. The Morgan fingerprint density at radius 3 is 1.71 bits per heavy atom. The third-order valence-electron chi connectivity index (χ3n) is 4.66. The summed E-state index contributed by atoms with van der Waals surface area (Å²) >= 11 is 0. The van der Waals surface area contributed by atoms with Crippen LogP contribution in [0.4, 0.5) is 39.5 Å². The van der Waals surface area contributed by atoms with Gasteiger partial charge in [0, 0.05) is 10.9 Å². The average molecular weight is 447 g/mol. The van der Waals surface area contributed by atoms with Gasteiger partial charge in [0.1, 0.15) is 11.3 Å². The summed E-state index contributed by atoms with van der Waals surface area (Å²) in [5.74, 6) is -20.8. The van der Waals surface area contributed by atoms with E-state index in [9.17, 15) is 39.5 Å². The number of benzene rings is 3. The Morgan fingerprint density at radius 2 is 1.13 bits per heavy atom. The molecule has 0 saturated heterocycles. The minimum atomic E-state index is -2.50. The Kier molecular flexibility index (Phi) is 4.71. The van der Waals surface area contributed by atoms with Gasteiger partial charge in [-0.05, 0) is 18.2 Å². The highest BCUT2D eigenvalue weighted by molar-refractivity contribution is 6.10. The van der Waals surface area contributed by atoms with Crippen LogP contribution in [-0.2, 0) is 0 Å². The molecule has 0 unspecified atom stereocenters. The molecule has 1 heterocycles. The van der Waals surface area contributed by atoms with Crippen LogP contribution in [0.15, 0.2) is 18.2 Å². The molecule has 0 aliphatic rings. The number of hydrogen-bond donors (Lipinski definition) is 0. The smallest absolute Gasteiger partial charge is 0.200 e. The van der Waals surface area contributed by atoms with Crippen molar-refractivity contribution < 1.29 is 44.3 Å². The SMILES string of the molecule is COc1ccc2nc3c(F)c(F)c(F)c(F)c3c(-c3c(F)c(F)c(F)c(F)c3F)c2c1. The molecule has 0 bridgehead atoms. The van der Waals surface area contributed by atoms with E-state index in [1.165, 1.54) is 13.2 Å². The summed E-state index contributed by atoms with van der Waals surface area (Å²) in [4.78, 5) is 3.64. The molecule has 0 aliphatic heterocycles. The Balaban J connectivity index is 2.39. The lowest BCUT2D eigenvalue weighted by molar-refractivity contribution is 0.381. The predicted molar refractivity (Wildman–Crippen MR) is 90.9 cm³/mol.